The molecule has 1 aromatic rings. The topological polar surface area (TPSA) is 43.1 Å². The summed E-state index contributed by atoms with van der Waals surface area (Å²) < 4.78 is 0. The van der Waals surface area contributed by atoms with Crippen molar-refractivity contribution in [3.05, 3.63) is 35.9 Å². The van der Waals surface area contributed by atoms with Gasteiger partial charge < -0.3 is 5.73 Å². The minimum Gasteiger partial charge on any atom is -0.370 e. The largest absolute Gasteiger partial charge is 0.370 e. The van der Waals surface area contributed by atoms with Gasteiger partial charge in [0.05, 0.1) is 0 Å². The van der Waals surface area contributed by atoms with Crippen LogP contribution in [0.3, 0.4) is 0 Å². The number of hydrogen-bond donors (Lipinski definition) is 1. The molecule has 0 radical (unpaired) electrons. The number of benzene rings is 1. The van der Waals surface area contributed by atoms with Crippen LogP contribution in [0.4, 0.5) is 0 Å². The van der Waals surface area contributed by atoms with Gasteiger partial charge in [0.25, 0.3) is 0 Å². The Morgan fingerprint density at radius 2 is 1.75 bits per heavy atom. The third-order valence-corrected chi connectivity index (χ3v) is 6.29. The van der Waals surface area contributed by atoms with Crippen molar-refractivity contribution in [1.82, 2.24) is 0 Å². The van der Waals surface area contributed by atoms with Crippen LogP contribution < -0.4 is 5.73 Å². The van der Waals surface area contributed by atoms with Gasteiger partial charge >= 0.3 is 0 Å². The molecule has 20 heavy (non-hydrogen) atoms. The first-order valence-electron chi connectivity index (χ1n) is 8.01. The molecule has 3 unspecified atom stereocenters. The molecule has 2 N–H and O–H groups in total. The quantitative estimate of drug-likeness (QED) is 0.899. The highest BCUT2D eigenvalue weighted by molar-refractivity contribution is 5.74. The Bertz CT molecular complexity index is 509. The van der Waals surface area contributed by atoms with Gasteiger partial charge in [-0.3, -0.25) is 4.79 Å². The van der Waals surface area contributed by atoms with Gasteiger partial charge in [-0.2, -0.15) is 0 Å². The predicted octanol–water partition coefficient (Wildman–Crippen LogP) is 3.26. The van der Waals surface area contributed by atoms with E-state index in [1.165, 1.54) is 37.7 Å². The van der Waals surface area contributed by atoms with Crippen molar-refractivity contribution in [2.24, 2.45) is 29.4 Å². The normalized spacial score (nSPS) is 41.8. The maximum absolute atomic E-state index is 11.6. The van der Waals surface area contributed by atoms with Crippen molar-refractivity contribution in [2.45, 2.75) is 43.9 Å². The average molecular weight is 269 g/mol. The molecule has 0 saturated heterocycles. The highest BCUT2D eigenvalue weighted by atomic mass is 16.1. The van der Waals surface area contributed by atoms with Crippen LogP contribution in [-0.4, -0.2) is 5.91 Å². The Labute approximate surface area is 120 Å². The maximum atomic E-state index is 11.6. The molecule has 3 atom stereocenters. The minimum atomic E-state index is -0.113. The molecule has 2 nitrogen and oxygen atoms in total. The smallest absolute Gasteiger partial charge is 0.217 e. The standard InChI is InChI=1S/C18H23NO/c19-17(20)9-16-14-7-12-6-13(8-14)11-18(16,10-12)15-4-2-1-3-5-15/h1-5,12-14,16H,6-11H2,(H2,19,20). The van der Waals surface area contributed by atoms with Crippen molar-refractivity contribution in [2.75, 3.05) is 0 Å². The van der Waals surface area contributed by atoms with E-state index in [1.807, 2.05) is 0 Å². The Kier molecular flexibility index (Phi) is 2.70. The summed E-state index contributed by atoms with van der Waals surface area (Å²) >= 11 is 0. The molecule has 2 heteroatoms. The zero-order valence-corrected chi connectivity index (χ0v) is 11.9. The van der Waals surface area contributed by atoms with Crippen molar-refractivity contribution in [1.29, 1.82) is 0 Å². The Hall–Kier alpha value is -1.31. The third-order valence-electron chi connectivity index (χ3n) is 6.29. The number of hydrogen-bond acceptors (Lipinski definition) is 1. The summed E-state index contributed by atoms with van der Waals surface area (Å²) in [6.45, 7) is 0. The molecular weight excluding hydrogens is 246 g/mol. The molecule has 0 heterocycles. The third kappa shape index (κ3) is 1.73. The van der Waals surface area contributed by atoms with Crippen LogP contribution in [0.25, 0.3) is 0 Å². The molecular formula is C18H23NO. The first-order valence-corrected chi connectivity index (χ1v) is 8.01. The molecule has 4 aliphatic carbocycles. The monoisotopic (exact) mass is 269 g/mol. The Balaban J connectivity index is 1.78. The van der Waals surface area contributed by atoms with E-state index in [-0.39, 0.29) is 11.3 Å². The summed E-state index contributed by atoms with van der Waals surface area (Å²) in [5.41, 5.74) is 7.27. The predicted molar refractivity (Wildman–Crippen MR) is 79.0 cm³/mol. The van der Waals surface area contributed by atoms with E-state index in [0.717, 1.165) is 17.8 Å². The molecule has 0 spiro atoms. The van der Waals surface area contributed by atoms with Crippen LogP contribution in [-0.2, 0) is 10.2 Å². The van der Waals surface area contributed by atoms with E-state index in [9.17, 15) is 4.79 Å². The second kappa shape index (κ2) is 4.34. The lowest BCUT2D eigenvalue weighted by atomic mass is 9.43. The van der Waals surface area contributed by atoms with Crippen molar-refractivity contribution >= 4 is 5.91 Å². The van der Waals surface area contributed by atoms with Crippen molar-refractivity contribution < 1.29 is 4.79 Å². The molecule has 1 amide bonds. The number of nitrogens with two attached hydrogens (primary N) is 1. The summed E-state index contributed by atoms with van der Waals surface area (Å²) in [4.78, 5) is 11.6. The van der Waals surface area contributed by atoms with Crippen LogP contribution in [0.2, 0.25) is 0 Å². The minimum absolute atomic E-state index is 0.113. The molecule has 1 aromatic carbocycles. The van der Waals surface area contributed by atoms with E-state index in [2.05, 4.69) is 30.3 Å². The van der Waals surface area contributed by atoms with Gasteiger partial charge in [-0.25, -0.2) is 0 Å². The highest BCUT2D eigenvalue weighted by Gasteiger charge is 2.57. The Morgan fingerprint density at radius 1 is 1.10 bits per heavy atom. The zero-order valence-electron chi connectivity index (χ0n) is 11.9. The lowest BCUT2D eigenvalue weighted by molar-refractivity contribution is -0.125. The molecule has 5 rings (SSSR count). The molecule has 4 aliphatic rings. The first kappa shape index (κ1) is 12.4. The van der Waals surface area contributed by atoms with Crippen LogP contribution in [0.15, 0.2) is 30.3 Å². The lowest BCUT2D eigenvalue weighted by Crippen LogP contribution is -2.56. The van der Waals surface area contributed by atoms with Gasteiger partial charge in [0.1, 0.15) is 0 Å². The van der Waals surface area contributed by atoms with Gasteiger partial charge in [0, 0.05) is 6.42 Å². The van der Waals surface area contributed by atoms with E-state index >= 15 is 0 Å². The number of carbonyl (C=O) groups excluding carboxylic acids is 1. The maximum Gasteiger partial charge on any atom is 0.217 e. The van der Waals surface area contributed by atoms with E-state index in [4.69, 9.17) is 5.73 Å². The fourth-order valence-corrected chi connectivity index (χ4v) is 5.94. The molecule has 0 aromatic heterocycles. The van der Waals surface area contributed by atoms with E-state index in [0.29, 0.717) is 12.3 Å². The zero-order chi connectivity index (χ0) is 13.7. The van der Waals surface area contributed by atoms with Gasteiger partial charge in [0.15, 0.2) is 0 Å². The van der Waals surface area contributed by atoms with E-state index in [1.54, 1.807) is 0 Å². The fraction of sp³-hybridized carbons (Fsp3) is 0.611. The summed E-state index contributed by atoms with van der Waals surface area (Å²) in [5.74, 6) is 2.87. The van der Waals surface area contributed by atoms with E-state index < -0.39 is 0 Å². The molecule has 4 fully saturated rings. The SMILES string of the molecule is NC(=O)CC1C2CC3CC(C2)CC1(c1ccccc1)C3. The van der Waals surface area contributed by atoms with Gasteiger partial charge in [-0.1, -0.05) is 30.3 Å². The van der Waals surface area contributed by atoms with Gasteiger partial charge in [-0.15, -0.1) is 0 Å². The molecule has 0 aliphatic heterocycles. The number of primary amides is 1. The number of rotatable bonds is 3. The van der Waals surface area contributed by atoms with Crippen LogP contribution in [0.5, 0.6) is 0 Å². The van der Waals surface area contributed by atoms with Gasteiger partial charge in [0.2, 0.25) is 5.91 Å². The lowest BCUT2D eigenvalue weighted by Gasteiger charge is -2.61. The average Bonchev–Trinajstić information content (AvgIpc) is 2.43. The second-order valence-corrected chi connectivity index (χ2v) is 7.41. The molecule has 106 valence electrons. The van der Waals surface area contributed by atoms with Crippen molar-refractivity contribution in [3.8, 4) is 0 Å². The fourth-order valence-electron chi connectivity index (χ4n) is 5.94. The first-order chi connectivity index (χ1) is 9.67. The number of carbonyl (C=O) groups is 1. The molecule has 4 saturated carbocycles. The Morgan fingerprint density at radius 3 is 2.35 bits per heavy atom. The van der Waals surface area contributed by atoms with Gasteiger partial charge in [-0.05, 0) is 66.8 Å². The highest BCUT2D eigenvalue weighted by Crippen LogP contribution is 2.64. The van der Waals surface area contributed by atoms with Crippen molar-refractivity contribution in [3.63, 3.8) is 0 Å². The summed E-state index contributed by atoms with van der Waals surface area (Å²) in [6.07, 6.45) is 7.24. The summed E-state index contributed by atoms with van der Waals surface area (Å²) in [6, 6.07) is 10.9. The van der Waals surface area contributed by atoms with Crippen LogP contribution in [0.1, 0.15) is 44.1 Å². The second-order valence-electron chi connectivity index (χ2n) is 7.41. The summed E-state index contributed by atoms with van der Waals surface area (Å²) in [5, 5.41) is 0. The number of amides is 1. The van der Waals surface area contributed by atoms with Crippen LogP contribution in [0, 0.1) is 23.7 Å². The van der Waals surface area contributed by atoms with Crippen LogP contribution >= 0.6 is 0 Å². The summed E-state index contributed by atoms with van der Waals surface area (Å²) in [7, 11) is 0. The molecule has 4 bridgehead atoms.